The number of carbonyl (C=O) groups is 1. The summed E-state index contributed by atoms with van der Waals surface area (Å²) >= 11 is 3.43. The summed E-state index contributed by atoms with van der Waals surface area (Å²) in [4.78, 5) is 12.2. The van der Waals surface area contributed by atoms with Gasteiger partial charge < -0.3 is 14.8 Å². The normalized spacial score (nSPS) is 10.4. The average molecular weight is 378 g/mol. The summed E-state index contributed by atoms with van der Waals surface area (Å²) in [6, 6.07) is 13.4. The van der Waals surface area contributed by atoms with Crippen molar-refractivity contribution >= 4 is 21.8 Å². The number of amides is 1. The SMILES string of the molecule is COCCOc1ccc(C(=O)NCc2ccc(C)cc2)cc1Br. The Balaban J connectivity index is 1.94. The summed E-state index contributed by atoms with van der Waals surface area (Å²) in [6.45, 7) is 3.53. The lowest BCUT2D eigenvalue weighted by Crippen LogP contribution is -2.22. The van der Waals surface area contributed by atoms with E-state index >= 15 is 0 Å². The molecule has 2 rings (SSSR count). The minimum absolute atomic E-state index is 0.116. The van der Waals surface area contributed by atoms with E-state index in [9.17, 15) is 4.79 Å². The molecule has 0 aliphatic rings. The summed E-state index contributed by atoms with van der Waals surface area (Å²) in [5, 5.41) is 2.91. The molecule has 4 nitrogen and oxygen atoms in total. The van der Waals surface area contributed by atoms with Crippen LogP contribution in [0.2, 0.25) is 0 Å². The highest BCUT2D eigenvalue weighted by molar-refractivity contribution is 9.10. The minimum atomic E-state index is -0.116. The van der Waals surface area contributed by atoms with Crippen molar-refractivity contribution in [3.05, 3.63) is 63.6 Å². The van der Waals surface area contributed by atoms with E-state index < -0.39 is 0 Å². The van der Waals surface area contributed by atoms with Gasteiger partial charge in [0.2, 0.25) is 0 Å². The molecule has 2 aromatic rings. The van der Waals surface area contributed by atoms with Crippen molar-refractivity contribution in [3.63, 3.8) is 0 Å². The number of aryl methyl sites for hydroxylation is 1. The van der Waals surface area contributed by atoms with Crippen LogP contribution in [-0.2, 0) is 11.3 Å². The van der Waals surface area contributed by atoms with Gasteiger partial charge in [-0.1, -0.05) is 29.8 Å². The van der Waals surface area contributed by atoms with Gasteiger partial charge in [-0.05, 0) is 46.6 Å². The fraction of sp³-hybridized carbons (Fsp3) is 0.278. The first-order valence-corrected chi connectivity index (χ1v) is 8.14. The molecule has 0 saturated carbocycles. The van der Waals surface area contributed by atoms with Crippen LogP contribution in [0.25, 0.3) is 0 Å². The Kier molecular flexibility index (Phi) is 6.62. The molecule has 1 amide bonds. The van der Waals surface area contributed by atoms with Crippen molar-refractivity contribution in [3.8, 4) is 5.75 Å². The van der Waals surface area contributed by atoms with Gasteiger partial charge in [0.05, 0.1) is 11.1 Å². The summed E-state index contributed by atoms with van der Waals surface area (Å²) in [5.74, 6) is 0.576. The predicted molar refractivity (Wildman–Crippen MR) is 93.9 cm³/mol. The second-order valence-corrected chi connectivity index (χ2v) is 6.01. The molecule has 0 aliphatic carbocycles. The van der Waals surface area contributed by atoms with E-state index in [0.29, 0.717) is 31.1 Å². The smallest absolute Gasteiger partial charge is 0.251 e. The Labute approximate surface area is 144 Å². The zero-order valence-corrected chi connectivity index (χ0v) is 14.9. The van der Waals surface area contributed by atoms with Gasteiger partial charge in [-0.15, -0.1) is 0 Å². The van der Waals surface area contributed by atoms with Crippen LogP contribution in [0.1, 0.15) is 21.5 Å². The van der Waals surface area contributed by atoms with Crippen molar-refractivity contribution in [1.82, 2.24) is 5.32 Å². The Morgan fingerprint density at radius 2 is 1.87 bits per heavy atom. The molecule has 23 heavy (non-hydrogen) atoms. The molecule has 0 atom stereocenters. The number of benzene rings is 2. The molecule has 1 N–H and O–H groups in total. The first-order chi connectivity index (χ1) is 11.1. The molecule has 0 aliphatic heterocycles. The predicted octanol–water partition coefficient (Wildman–Crippen LogP) is 3.71. The van der Waals surface area contributed by atoms with Crippen LogP contribution in [0.3, 0.4) is 0 Å². The molecule has 122 valence electrons. The van der Waals surface area contributed by atoms with Crippen LogP contribution in [0.15, 0.2) is 46.9 Å². The monoisotopic (exact) mass is 377 g/mol. The van der Waals surface area contributed by atoms with Crippen LogP contribution in [0, 0.1) is 6.92 Å². The maximum atomic E-state index is 12.2. The molecule has 2 aromatic carbocycles. The van der Waals surface area contributed by atoms with Gasteiger partial charge in [0.15, 0.2) is 0 Å². The highest BCUT2D eigenvalue weighted by Gasteiger charge is 2.09. The van der Waals surface area contributed by atoms with Crippen LogP contribution in [0.4, 0.5) is 0 Å². The Morgan fingerprint density at radius 1 is 1.13 bits per heavy atom. The standard InChI is InChI=1S/C18H20BrNO3/c1-13-3-5-14(6-4-13)12-20-18(21)15-7-8-17(16(19)11-15)23-10-9-22-2/h3-8,11H,9-10,12H2,1-2H3,(H,20,21). The first kappa shape index (κ1) is 17.5. The number of hydrogen-bond donors (Lipinski definition) is 1. The van der Waals surface area contributed by atoms with Gasteiger partial charge in [0.25, 0.3) is 5.91 Å². The fourth-order valence-electron chi connectivity index (χ4n) is 1.98. The largest absolute Gasteiger partial charge is 0.490 e. The second kappa shape index (κ2) is 8.70. The molecule has 0 aromatic heterocycles. The number of methoxy groups -OCH3 is 1. The molecular weight excluding hydrogens is 358 g/mol. The van der Waals surface area contributed by atoms with E-state index in [1.54, 1.807) is 25.3 Å². The third kappa shape index (κ3) is 5.37. The molecule has 0 unspecified atom stereocenters. The number of nitrogens with one attached hydrogen (secondary N) is 1. The van der Waals surface area contributed by atoms with Crippen LogP contribution in [0.5, 0.6) is 5.75 Å². The lowest BCUT2D eigenvalue weighted by atomic mass is 10.1. The van der Waals surface area contributed by atoms with Gasteiger partial charge in [-0.25, -0.2) is 0 Å². The van der Waals surface area contributed by atoms with Crippen molar-refractivity contribution < 1.29 is 14.3 Å². The summed E-state index contributed by atoms with van der Waals surface area (Å²) in [7, 11) is 1.62. The van der Waals surface area contributed by atoms with Gasteiger partial charge in [0.1, 0.15) is 12.4 Å². The molecular formula is C18H20BrNO3. The van der Waals surface area contributed by atoms with Crippen LogP contribution in [-0.4, -0.2) is 26.2 Å². The van der Waals surface area contributed by atoms with Crippen molar-refractivity contribution in [2.24, 2.45) is 0 Å². The Hall–Kier alpha value is -1.85. The maximum Gasteiger partial charge on any atom is 0.251 e. The molecule has 0 radical (unpaired) electrons. The van der Waals surface area contributed by atoms with E-state index in [1.165, 1.54) is 5.56 Å². The Bertz CT molecular complexity index is 656. The fourth-order valence-corrected chi connectivity index (χ4v) is 2.48. The van der Waals surface area contributed by atoms with Gasteiger partial charge >= 0.3 is 0 Å². The topological polar surface area (TPSA) is 47.6 Å². The van der Waals surface area contributed by atoms with Crippen molar-refractivity contribution in [2.75, 3.05) is 20.3 Å². The molecule has 0 bridgehead atoms. The number of rotatable bonds is 7. The summed E-state index contributed by atoms with van der Waals surface area (Å²) < 4.78 is 11.2. The highest BCUT2D eigenvalue weighted by atomic mass is 79.9. The van der Waals surface area contributed by atoms with E-state index in [4.69, 9.17) is 9.47 Å². The van der Waals surface area contributed by atoms with E-state index in [-0.39, 0.29) is 5.91 Å². The van der Waals surface area contributed by atoms with E-state index in [1.807, 2.05) is 31.2 Å². The summed E-state index contributed by atoms with van der Waals surface area (Å²) in [6.07, 6.45) is 0. The molecule has 0 saturated heterocycles. The van der Waals surface area contributed by atoms with E-state index in [0.717, 1.165) is 10.0 Å². The lowest BCUT2D eigenvalue weighted by molar-refractivity contribution is 0.0950. The minimum Gasteiger partial charge on any atom is -0.490 e. The number of carbonyl (C=O) groups excluding carboxylic acids is 1. The second-order valence-electron chi connectivity index (χ2n) is 5.15. The third-order valence-corrected chi connectivity index (χ3v) is 3.93. The van der Waals surface area contributed by atoms with E-state index in [2.05, 4.69) is 21.2 Å². The highest BCUT2D eigenvalue weighted by Crippen LogP contribution is 2.26. The number of halogens is 1. The molecule has 0 spiro atoms. The van der Waals surface area contributed by atoms with Gasteiger partial charge in [-0.3, -0.25) is 4.79 Å². The molecule has 0 heterocycles. The third-order valence-electron chi connectivity index (χ3n) is 3.31. The van der Waals surface area contributed by atoms with Crippen LogP contribution < -0.4 is 10.1 Å². The average Bonchev–Trinajstić information content (AvgIpc) is 2.55. The Morgan fingerprint density at radius 3 is 2.52 bits per heavy atom. The number of hydrogen-bond acceptors (Lipinski definition) is 3. The van der Waals surface area contributed by atoms with Gasteiger partial charge in [-0.2, -0.15) is 0 Å². The maximum absolute atomic E-state index is 12.2. The molecule has 5 heteroatoms. The molecule has 0 fully saturated rings. The zero-order chi connectivity index (χ0) is 16.7. The summed E-state index contributed by atoms with van der Waals surface area (Å²) in [5.41, 5.74) is 2.86. The van der Waals surface area contributed by atoms with Crippen LogP contribution >= 0.6 is 15.9 Å². The number of ether oxygens (including phenoxy) is 2. The quantitative estimate of drug-likeness (QED) is 0.748. The van der Waals surface area contributed by atoms with Gasteiger partial charge in [0, 0.05) is 19.2 Å². The first-order valence-electron chi connectivity index (χ1n) is 7.35. The van der Waals surface area contributed by atoms with Crippen molar-refractivity contribution in [2.45, 2.75) is 13.5 Å². The van der Waals surface area contributed by atoms with Crippen molar-refractivity contribution in [1.29, 1.82) is 0 Å². The zero-order valence-electron chi connectivity index (χ0n) is 13.3. The lowest BCUT2D eigenvalue weighted by Gasteiger charge is -2.10.